The molecule has 1 N–H and O–H groups in total. The Labute approximate surface area is 150 Å². The maximum atomic E-state index is 12.6. The Morgan fingerprint density at radius 3 is 2.81 bits per heavy atom. The number of nitrogens with one attached hydrogen (secondary N) is 1. The summed E-state index contributed by atoms with van der Waals surface area (Å²) < 4.78 is 11.2. The molecule has 0 aliphatic heterocycles. The van der Waals surface area contributed by atoms with Gasteiger partial charge >= 0.3 is 0 Å². The van der Waals surface area contributed by atoms with E-state index < -0.39 is 0 Å². The van der Waals surface area contributed by atoms with Crippen LogP contribution in [0.1, 0.15) is 23.0 Å². The zero-order valence-corrected chi connectivity index (χ0v) is 14.6. The molecule has 2 heterocycles. The fourth-order valence-corrected chi connectivity index (χ4v) is 2.88. The largest absolute Gasteiger partial charge is 0.492 e. The van der Waals surface area contributed by atoms with Gasteiger partial charge in [-0.25, -0.2) is 4.98 Å². The topological polar surface area (TPSA) is 64.4 Å². The van der Waals surface area contributed by atoms with Crippen molar-refractivity contribution in [1.82, 2.24) is 4.98 Å². The van der Waals surface area contributed by atoms with Gasteiger partial charge in [-0.05, 0) is 49.7 Å². The van der Waals surface area contributed by atoms with Crippen LogP contribution in [0.4, 0.5) is 5.69 Å². The van der Waals surface area contributed by atoms with E-state index in [-0.39, 0.29) is 11.7 Å². The standard InChI is InChI=1S/C21H18N2O3/c1-3-25-18-7-5-4-6-16(18)22-20(24)19-12-15-11-14-9-8-13(2)10-17(14)23-21(15)26-19/h4-12H,3H2,1-2H3,(H,22,24). The van der Waals surface area contributed by atoms with Crippen molar-refractivity contribution >= 4 is 33.6 Å². The lowest BCUT2D eigenvalue weighted by Crippen LogP contribution is -2.12. The number of rotatable bonds is 4. The van der Waals surface area contributed by atoms with Crippen LogP contribution in [-0.4, -0.2) is 17.5 Å². The van der Waals surface area contributed by atoms with E-state index in [9.17, 15) is 4.79 Å². The number of amides is 1. The first-order valence-corrected chi connectivity index (χ1v) is 8.48. The molecule has 0 radical (unpaired) electrons. The Kier molecular flexibility index (Phi) is 4.05. The highest BCUT2D eigenvalue weighted by atomic mass is 16.5. The van der Waals surface area contributed by atoms with Crippen LogP contribution >= 0.6 is 0 Å². The number of carbonyl (C=O) groups excluding carboxylic acids is 1. The lowest BCUT2D eigenvalue weighted by atomic mass is 10.1. The van der Waals surface area contributed by atoms with Crippen molar-refractivity contribution < 1.29 is 13.9 Å². The molecule has 0 aliphatic carbocycles. The molecule has 4 rings (SSSR count). The van der Waals surface area contributed by atoms with E-state index in [4.69, 9.17) is 9.15 Å². The predicted molar refractivity (Wildman–Crippen MR) is 102 cm³/mol. The zero-order chi connectivity index (χ0) is 18.1. The first-order valence-electron chi connectivity index (χ1n) is 8.48. The molecule has 0 aliphatic rings. The average Bonchev–Trinajstić information content (AvgIpc) is 3.04. The third-order valence-electron chi connectivity index (χ3n) is 4.12. The van der Waals surface area contributed by atoms with Gasteiger partial charge in [0.2, 0.25) is 5.71 Å². The van der Waals surface area contributed by atoms with E-state index in [1.807, 2.05) is 56.3 Å². The van der Waals surface area contributed by atoms with Crippen molar-refractivity contribution in [2.45, 2.75) is 13.8 Å². The maximum absolute atomic E-state index is 12.6. The minimum Gasteiger partial charge on any atom is -0.492 e. The molecule has 0 spiro atoms. The number of fused-ring (bicyclic) bond motifs is 2. The number of ether oxygens (including phenoxy) is 1. The summed E-state index contributed by atoms with van der Waals surface area (Å²) >= 11 is 0. The number of benzene rings is 2. The third kappa shape index (κ3) is 2.99. The second kappa shape index (κ2) is 6.52. The minimum atomic E-state index is -0.338. The Morgan fingerprint density at radius 2 is 1.96 bits per heavy atom. The highest BCUT2D eigenvalue weighted by Crippen LogP contribution is 2.27. The van der Waals surface area contributed by atoms with Crippen LogP contribution in [0.2, 0.25) is 0 Å². The number of para-hydroxylation sites is 2. The molecule has 2 aromatic heterocycles. The lowest BCUT2D eigenvalue weighted by Gasteiger charge is -2.10. The number of pyridine rings is 1. The molecule has 0 saturated heterocycles. The number of furan rings is 1. The molecule has 2 aromatic carbocycles. The van der Waals surface area contributed by atoms with Gasteiger partial charge in [0, 0.05) is 10.8 Å². The third-order valence-corrected chi connectivity index (χ3v) is 4.12. The molecule has 0 unspecified atom stereocenters. The van der Waals surface area contributed by atoms with Gasteiger partial charge in [0.1, 0.15) is 5.75 Å². The number of hydrogen-bond donors (Lipinski definition) is 1. The summed E-state index contributed by atoms with van der Waals surface area (Å²) in [6.07, 6.45) is 0. The second-order valence-corrected chi connectivity index (χ2v) is 6.07. The van der Waals surface area contributed by atoms with Crippen LogP contribution in [0.3, 0.4) is 0 Å². The van der Waals surface area contributed by atoms with Crippen LogP contribution in [-0.2, 0) is 0 Å². The van der Waals surface area contributed by atoms with Crippen molar-refractivity contribution in [1.29, 1.82) is 0 Å². The van der Waals surface area contributed by atoms with Gasteiger partial charge in [-0.15, -0.1) is 0 Å². The van der Waals surface area contributed by atoms with Crippen LogP contribution in [0.15, 0.2) is 59.0 Å². The van der Waals surface area contributed by atoms with E-state index >= 15 is 0 Å². The highest BCUT2D eigenvalue weighted by Gasteiger charge is 2.15. The molecule has 1 amide bonds. The molecule has 0 fully saturated rings. The van der Waals surface area contributed by atoms with Gasteiger partial charge in [-0.2, -0.15) is 0 Å². The molecule has 0 atom stereocenters. The van der Waals surface area contributed by atoms with Crippen LogP contribution in [0.5, 0.6) is 5.75 Å². The fraction of sp³-hybridized carbons (Fsp3) is 0.143. The molecule has 0 saturated carbocycles. The summed E-state index contributed by atoms with van der Waals surface area (Å²) in [7, 11) is 0. The molecule has 5 heteroatoms. The SMILES string of the molecule is CCOc1ccccc1NC(=O)c1cc2cc3ccc(C)cc3nc2o1. The molecule has 130 valence electrons. The number of hydrogen-bond acceptors (Lipinski definition) is 4. The van der Waals surface area contributed by atoms with Crippen LogP contribution in [0.25, 0.3) is 22.0 Å². The van der Waals surface area contributed by atoms with E-state index in [0.29, 0.717) is 23.8 Å². The first-order chi connectivity index (χ1) is 12.6. The van der Waals surface area contributed by atoms with E-state index in [1.54, 1.807) is 12.1 Å². The Morgan fingerprint density at radius 1 is 1.12 bits per heavy atom. The lowest BCUT2D eigenvalue weighted by molar-refractivity contribution is 0.0998. The van der Waals surface area contributed by atoms with Crippen molar-refractivity contribution in [3.05, 3.63) is 65.9 Å². The zero-order valence-electron chi connectivity index (χ0n) is 14.6. The van der Waals surface area contributed by atoms with Crippen molar-refractivity contribution in [2.75, 3.05) is 11.9 Å². The number of carbonyl (C=O) groups is 1. The first kappa shape index (κ1) is 16.1. The summed E-state index contributed by atoms with van der Waals surface area (Å²) in [5, 5.41) is 4.65. The Bertz CT molecular complexity index is 1110. The molecule has 26 heavy (non-hydrogen) atoms. The van der Waals surface area contributed by atoms with Crippen molar-refractivity contribution in [3.63, 3.8) is 0 Å². The molecule has 5 nitrogen and oxygen atoms in total. The molecule has 4 aromatic rings. The van der Waals surface area contributed by atoms with Crippen LogP contribution < -0.4 is 10.1 Å². The van der Waals surface area contributed by atoms with Gasteiger partial charge in [0.15, 0.2) is 5.76 Å². The summed E-state index contributed by atoms with van der Waals surface area (Å²) in [6, 6.07) is 17.0. The Hall–Kier alpha value is -3.34. The van der Waals surface area contributed by atoms with Gasteiger partial charge in [-0.3, -0.25) is 4.79 Å². The van der Waals surface area contributed by atoms with E-state index in [1.165, 1.54) is 0 Å². The average molecular weight is 346 g/mol. The minimum absolute atomic E-state index is 0.214. The van der Waals surface area contributed by atoms with Gasteiger partial charge in [0.05, 0.1) is 17.8 Å². The number of aromatic nitrogens is 1. The summed E-state index contributed by atoms with van der Waals surface area (Å²) in [6.45, 7) is 4.44. The fourth-order valence-electron chi connectivity index (χ4n) is 2.88. The van der Waals surface area contributed by atoms with Gasteiger partial charge < -0.3 is 14.5 Å². The number of nitrogens with zero attached hydrogens (tertiary/aromatic N) is 1. The van der Waals surface area contributed by atoms with Crippen molar-refractivity contribution in [3.8, 4) is 5.75 Å². The van der Waals surface area contributed by atoms with E-state index in [0.717, 1.165) is 21.9 Å². The number of anilines is 1. The smallest absolute Gasteiger partial charge is 0.291 e. The van der Waals surface area contributed by atoms with Crippen molar-refractivity contribution in [2.24, 2.45) is 0 Å². The monoisotopic (exact) mass is 346 g/mol. The van der Waals surface area contributed by atoms with Crippen LogP contribution in [0, 0.1) is 6.92 Å². The van der Waals surface area contributed by atoms with Gasteiger partial charge in [0.25, 0.3) is 5.91 Å². The molecular formula is C21H18N2O3. The number of aryl methyl sites for hydroxylation is 1. The maximum Gasteiger partial charge on any atom is 0.291 e. The summed E-state index contributed by atoms with van der Waals surface area (Å²) in [5.74, 6) is 0.500. The normalized spacial score (nSPS) is 11.0. The van der Waals surface area contributed by atoms with Gasteiger partial charge in [-0.1, -0.05) is 24.3 Å². The molecule has 0 bridgehead atoms. The highest BCUT2D eigenvalue weighted by molar-refractivity contribution is 6.05. The predicted octanol–water partition coefficient (Wildman–Crippen LogP) is 4.94. The molecular weight excluding hydrogens is 328 g/mol. The summed E-state index contributed by atoms with van der Waals surface area (Å²) in [5.41, 5.74) is 3.03. The van der Waals surface area contributed by atoms with E-state index in [2.05, 4.69) is 10.3 Å². The quantitative estimate of drug-likeness (QED) is 0.568. The second-order valence-electron chi connectivity index (χ2n) is 6.07. The summed E-state index contributed by atoms with van der Waals surface area (Å²) in [4.78, 5) is 17.1. The Balaban J connectivity index is 1.68.